The summed E-state index contributed by atoms with van der Waals surface area (Å²) in [7, 11) is -5.44. The Labute approximate surface area is 130 Å². The van der Waals surface area contributed by atoms with E-state index in [4.69, 9.17) is 4.76 Å². The molecule has 0 aromatic rings. The Morgan fingerprint density at radius 3 is 1.64 bits per heavy atom. The zero-order chi connectivity index (χ0) is 16.2. The number of hydrogen-bond acceptors (Lipinski definition) is 3. The molecule has 2 aliphatic carbocycles. The van der Waals surface area contributed by atoms with Gasteiger partial charge in [0.2, 0.25) is 0 Å². The standard InChI is InChI=1S/C13H23BF3NO3S/c15-13(16,17)22(19,20)18-21-14(11-7-3-1-4-8-11)12-9-5-2-6-10-12/h11-12,18H,1-10H2. The quantitative estimate of drug-likeness (QED) is 0.607. The average Bonchev–Trinajstić information content (AvgIpc) is 2.48. The van der Waals surface area contributed by atoms with Gasteiger partial charge in [-0.25, -0.2) is 8.42 Å². The minimum atomic E-state index is -5.44. The second-order valence-electron chi connectivity index (χ2n) is 6.41. The molecular weight excluding hydrogens is 318 g/mol. The number of alkyl halides is 3. The molecule has 0 spiro atoms. The van der Waals surface area contributed by atoms with Gasteiger partial charge < -0.3 is 4.76 Å². The van der Waals surface area contributed by atoms with Crippen LogP contribution in [0.5, 0.6) is 0 Å². The molecule has 9 heteroatoms. The van der Waals surface area contributed by atoms with E-state index in [2.05, 4.69) is 0 Å². The van der Waals surface area contributed by atoms with Gasteiger partial charge >= 0.3 is 22.4 Å². The first kappa shape index (κ1) is 18.1. The molecule has 0 bridgehead atoms. The van der Waals surface area contributed by atoms with E-state index in [9.17, 15) is 21.6 Å². The summed E-state index contributed by atoms with van der Waals surface area (Å²) in [5.41, 5.74) is -5.34. The number of sulfonamides is 1. The first-order valence-electron chi connectivity index (χ1n) is 8.05. The molecule has 0 aromatic carbocycles. The summed E-state index contributed by atoms with van der Waals surface area (Å²) in [6.07, 6.45) is 9.97. The van der Waals surface area contributed by atoms with E-state index in [0.29, 0.717) is 0 Å². The van der Waals surface area contributed by atoms with E-state index < -0.39 is 22.4 Å². The fourth-order valence-corrected chi connectivity index (χ4v) is 4.00. The topological polar surface area (TPSA) is 55.4 Å². The maximum atomic E-state index is 12.4. The molecule has 4 nitrogen and oxygen atoms in total. The molecule has 2 saturated carbocycles. The summed E-state index contributed by atoms with van der Waals surface area (Å²) in [6, 6.07) is 0. The zero-order valence-corrected chi connectivity index (χ0v) is 13.4. The number of halogens is 3. The lowest BCUT2D eigenvalue weighted by Crippen LogP contribution is -2.44. The molecule has 0 heterocycles. The predicted molar refractivity (Wildman–Crippen MR) is 78.6 cm³/mol. The van der Waals surface area contributed by atoms with Crippen LogP contribution in [0, 0.1) is 0 Å². The number of rotatable bonds is 5. The Morgan fingerprint density at radius 1 is 0.864 bits per heavy atom. The predicted octanol–water partition coefficient (Wildman–Crippen LogP) is 4.02. The van der Waals surface area contributed by atoms with Gasteiger partial charge in [-0.3, -0.25) is 0 Å². The SMILES string of the molecule is O=S(=O)(NOB(C1CCCCC1)C1CCCCC1)C(F)(F)F. The van der Waals surface area contributed by atoms with Gasteiger partial charge in [0.15, 0.2) is 0 Å². The van der Waals surface area contributed by atoms with Crippen LogP contribution >= 0.6 is 0 Å². The summed E-state index contributed by atoms with van der Waals surface area (Å²) in [5, 5.41) is 0. The van der Waals surface area contributed by atoms with Gasteiger partial charge in [-0.15, -0.1) is 4.89 Å². The molecule has 2 aliphatic rings. The Kier molecular flexibility index (Phi) is 6.18. The second kappa shape index (κ2) is 7.53. The summed E-state index contributed by atoms with van der Waals surface area (Å²) in [4.78, 5) is 1.34. The fraction of sp³-hybridized carbons (Fsp3) is 1.00. The smallest absolute Gasteiger partial charge is 0.350 e. The van der Waals surface area contributed by atoms with Gasteiger partial charge in [0.1, 0.15) is 0 Å². The molecule has 0 atom stereocenters. The average molecular weight is 341 g/mol. The van der Waals surface area contributed by atoms with Crippen LogP contribution < -0.4 is 4.89 Å². The summed E-state index contributed by atoms with van der Waals surface area (Å²) in [6.45, 7) is -0.447. The van der Waals surface area contributed by atoms with Gasteiger partial charge in [-0.2, -0.15) is 13.2 Å². The summed E-state index contributed by atoms with van der Waals surface area (Å²) < 4.78 is 64.8. The Bertz CT molecular complexity index is 428. The normalized spacial score (nSPS) is 22.7. The first-order valence-corrected chi connectivity index (χ1v) is 9.53. The molecule has 2 rings (SSSR count). The maximum Gasteiger partial charge on any atom is 0.513 e. The molecule has 0 amide bonds. The molecule has 0 aromatic heterocycles. The lowest BCUT2D eigenvalue weighted by atomic mass is 9.42. The fourth-order valence-electron chi connectivity index (χ4n) is 3.67. The van der Waals surface area contributed by atoms with E-state index in [0.717, 1.165) is 64.2 Å². The molecule has 0 aliphatic heterocycles. The number of hydrogen-bond donors (Lipinski definition) is 1. The maximum absolute atomic E-state index is 12.4. The van der Waals surface area contributed by atoms with Crippen molar-refractivity contribution in [2.45, 2.75) is 81.4 Å². The van der Waals surface area contributed by atoms with Crippen molar-refractivity contribution in [2.75, 3.05) is 0 Å². The highest BCUT2D eigenvalue weighted by atomic mass is 32.2. The molecule has 1 N–H and O–H groups in total. The van der Waals surface area contributed by atoms with Crippen LogP contribution in [0.4, 0.5) is 13.2 Å². The van der Waals surface area contributed by atoms with Crippen LogP contribution in [0.3, 0.4) is 0 Å². The minimum Gasteiger partial charge on any atom is -0.350 e. The Morgan fingerprint density at radius 2 is 1.27 bits per heavy atom. The molecule has 0 radical (unpaired) electrons. The van der Waals surface area contributed by atoms with Crippen molar-refractivity contribution in [2.24, 2.45) is 0 Å². The third-order valence-electron chi connectivity index (χ3n) is 4.83. The van der Waals surface area contributed by atoms with Crippen LogP contribution in [0.2, 0.25) is 11.6 Å². The van der Waals surface area contributed by atoms with Crippen molar-refractivity contribution < 1.29 is 26.3 Å². The van der Waals surface area contributed by atoms with E-state index in [-0.39, 0.29) is 11.6 Å². The van der Waals surface area contributed by atoms with E-state index in [1.807, 2.05) is 0 Å². The second-order valence-corrected chi connectivity index (χ2v) is 8.05. The third-order valence-corrected chi connectivity index (χ3v) is 5.75. The molecule has 128 valence electrons. The van der Waals surface area contributed by atoms with Crippen LogP contribution in [0.1, 0.15) is 64.2 Å². The van der Waals surface area contributed by atoms with Crippen LogP contribution in [0.25, 0.3) is 0 Å². The van der Waals surface area contributed by atoms with Crippen LogP contribution in [-0.4, -0.2) is 20.8 Å². The summed E-state index contributed by atoms with van der Waals surface area (Å²) in [5.74, 6) is 0.292. The molecule has 0 saturated heterocycles. The first-order chi connectivity index (χ1) is 10.3. The highest BCUT2D eigenvalue weighted by Crippen LogP contribution is 2.41. The third kappa shape index (κ3) is 4.61. The van der Waals surface area contributed by atoms with E-state index >= 15 is 0 Å². The zero-order valence-electron chi connectivity index (χ0n) is 12.6. The van der Waals surface area contributed by atoms with Crippen molar-refractivity contribution >= 4 is 16.9 Å². The van der Waals surface area contributed by atoms with Crippen LogP contribution in [-0.2, 0) is 14.8 Å². The van der Waals surface area contributed by atoms with E-state index in [1.54, 1.807) is 0 Å². The highest BCUT2D eigenvalue weighted by molar-refractivity contribution is 7.90. The summed E-state index contributed by atoms with van der Waals surface area (Å²) >= 11 is 0. The van der Waals surface area contributed by atoms with Gasteiger partial charge in [-0.1, -0.05) is 64.2 Å². The lowest BCUT2D eigenvalue weighted by molar-refractivity contribution is -0.0479. The molecular formula is C13H23BF3NO3S. The van der Waals surface area contributed by atoms with Crippen LogP contribution in [0.15, 0.2) is 0 Å². The molecule has 2 fully saturated rings. The van der Waals surface area contributed by atoms with Crippen molar-refractivity contribution in [3.05, 3.63) is 0 Å². The Hall–Kier alpha value is -0.275. The van der Waals surface area contributed by atoms with Crippen molar-refractivity contribution in [1.29, 1.82) is 0 Å². The molecule has 22 heavy (non-hydrogen) atoms. The number of nitrogens with one attached hydrogen (secondary N) is 1. The monoisotopic (exact) mass is 341 g/mol. The van der Waals surface area contributed by atoms with Gasteiger partial charge in [0, 0.05) is 0 Å². The highest BCUT2D eigenvalue weighted by Gasteiger charge is 2.48. The lowest BCUT2D eigenvalue weighted by Gasteiger charge is -2.34. The minimum absolute atomic E-state index is 0.146. The Balaban J connectivity index is 2.03. The van der Waals surface area contributed by atoms with Crippen molar-refractivity contribution in [3.63, 3.8) is 0 Å². The van der Waals surface area contributed by atoms with Crippen molar-refractivity contribution in [3.8, 4) is 0 Å². The van der Waals surface area contributed by atoms with Gasteiger partial charge in [0.25, 0.3) is 0 Å². The van der Waals surface area contributed by atoms with Crippen molar-refractivity contribution in [1.82, 2.24) is 4.89 Å². The van der Waals surface area contributed by atoms with E-state index in [1.165, 1.54) is 4.89 Å². The molecule has 0 unspecified atom stereocenters. The largest absolute Gasteiger partial charge is 0.513 e. The van der Waals surface area contributed by atoms with Gasteiger partial charge in [0.05, 0.1) is 0 Å². The van der Waals surface area contributed by atoms with Gasteiger partial charge in [-0.05, 0) is 11.6 Å².